The number of hydrogen-bond donors (Lipinski definition) is 3. The number of fused-ring (bicyclic) bond motifs is 3. The predicted octanol–water partition coefficient (Wildman–Crippen LogP) is 1.98. The molecule has 3 heterocycles. The van der Waals surface area contributed by atoms with Crippen LogP contribution in [0.5, 0.6) is 0 Å². The minimum Gasteiger partial charge on any atom is -0.330 e. The second kappa shape index (κ2) is 4.28. The quantitative estimate of drug-likeness (QED) is 0.700. The maximum absolute atomic E-state index is 5.40. The lowest BCUT2D eigenvalue weighted by Gasteiger charge is -2.22. The number of nitrogens with one attached hydrogen (secondary N) is 3. The number of aromatic nitrogens is 2. The summed E-state index contributed by atoms with van der Waals surface area (Å²) in [6.07, 6.45) is 1.13. The Labute approximate surface area is 113 Å². The first-order chi connectivity index (χ1) is 8.19. The van der Waals surface area contributed by atoms with Gasteiger partial charge in [0.05, 0.1) is 18.0 Å². The Bertz CT molecular complexity index is 679. The van der Waals surface area contributed by atoms with Crippen LogP contribution >= 0.6 is 35.8 Å². The van der Waals surface area contributed by atoms with Crippen LogP contribution in [-0.4, -0.2) is 23.1 Å². The molecule has 2 aromatic heterocycles. The van der Waals surface area contributed by atoms with E-state index in [4.69, 9.17) is 24.4 Å². The molecule has 0 amide bonds. The van der Waals surface area contributed by atoms with Crippen molar-refractivity contribution in [2.45, 2.75) is 19.9 Å². The molecule has 90 valence electrons. The van der Waals surface area contributed by atoms with Crippen molar-refractivity contribution in [2.24, 2.45) is 0 Å². The van der Waals surface area contributed by atoms with Crippen molar-refractivity contribution in [2.75, 3.05) is 13.1 Å². The number of thiophene rings is 1. The molecule has 1 atom stereocenters. The molecular weight excluding hydrogens is 270 g/mol. The van der Waals surface area contributed by atoms with E-state index < -0.39 is 0 Å². The number of quaternary nitrogens is 1. The lowest BCUT2D eigenvalue weighted by atomic mass is 10.1. The van der Waals surface area contributed by atoms with Crippen LogP contribution in [-0.2, 0) is 13.0 Å². The van der Waals surface area contributed by atoms with Crippen LogP contribution in [0.25, 0.3) is 10.2 Å². The molecule has 0 spiro atoms. The SMILES string of the molecule is CC[NH+]1CCc2c(sc3[nH]c(=S)[nH]c(=S)c23)C1. The Morgan fingerprint density at radius 3 is 2.94 bits per heavy atom. The summed E-state index contributed by atoms with van der Waals surface area (Å²) in [5.41, 5.74) is 1.44. The monoisotopic (exact) mass is 284 g/mol. The van der Waals surface area contributed by atoms with Gasteiger partial charge in [-0.05, 0) is 24.7 Å². The summed E-state index contributed by atoms with van der Waals surface area (Å²) in [4.78, 5) is 10.5. The van der Waals surface area contributed by atoms with Crippen LogP contribution in [0.2, 0.25) is 0 Å². The fourth-order valence-corrected chi connectivity index (χ4v) is 4.52. The lowest BCUT2D eigenvalue weighted by Crippen LogP contribution is -3.11. The highest BCUT2D eigenvalue weighted by molar-refractivity contribution is 7.72. The minimum absolute atomic E-state index is 0.626. The third-order valence-electron chi connectivity index (χ3n) is 3.41. The molecule has 3 N–H and O–H groups in total. The standard InChI is InChI=1S/C11H13N3S3/c1-2-14-4-3-6-7(5-14)17-10-8(6)9(15)12-11(16)13-10/h2-5H2,1H3,(H2,12,13,15,16)/p+1. The van der Waals surface area contributed by atoms with Crippen molar-refractivity contribution >= 4 is 46.0 Å². The maximum atomic E-state index is 5.40. The van der Waals surface area contributed by atoms with Gasteiger partial charge < -0.3 is 14.9 Å². The third kappa shape index (κ3) is 1.89. The van der Waals surface area contributed by atoms with Gasteiger partial charge in [-0.1, -0.05) is 12.2 Å². The molecule has 1 aliphatic rings. The summed E-state index contributed by atoms with van der Waals surface area (Å²) in [6.45, 7) is 5.77. The Morgan fingerprint density at radius 2 is 2.18 bits per heavy atom. The summed E-state index contributed by atoms with van der Waals surface area (Å²) in [5, 5.41) is 1.20. The highest BCUT2D eigenvalue weighted by Gasteiger charge is 2.23. The zero-order valence-electron chi connectivity index (χ0n) is 9.55. The smallest absolute Gasteiger partial charge is 0.176 e. The predicted molar refractivity (Wildman–Crippen MR) is 76.0 cm³/mol. The molecule has 0 radical (unpaired) electrons. The van der Waals surface area contributed by atoms with E-state index in [1.807, 2.05) is 11.3 Å². The van der Waals surface area contributed by atoms with E-state index in [-0.39, 0.29) is 0 Å². The lowest BCUT2D eigenvalue weighted by molar-refractivity contribution is -0.913. The molecular formula is C11H14N3S3+. The van der Waals surface area contributed by atoms with Crippen LogP contribution in [0.1, 0.15) is 17.4 Å². The fraction of sp³-hybridized carbons (Fsp3) is 0.455. The first kappa shape index (κ1) is 11.5. The second-order valence-electron chi connectivity index (χ2n) is 4.40. The number of rotatable bonds is 1. The molecule has 1 aliphatic heterocycles. The van der Waals surface area contributed by atoms with Gasteiger partial charge in [0.1, 0.15) is 16.0 Å². The number of H-pyrrole nitrogens is 2. The highest BCUT2D eigenvalue weighted by Crippen LogP contribution is 2.31. The number of hydrogen-bond acceptors (Lipinski definition) is 3. The first-order valence-electron chi connectivity index (χ1n) is 5.79. The first-order valence-corrected chi connectivity index (χ1v) is 7.42. The number of likely N-dealkylation sites (N-methyl/N-ethyl adjacent to an activating group) is 1. The molecule has 3 rings (SSSR count). The summed E-state index contributed by atoms with van der Waals surface area (Å²) >= 11 is 12.4. The van der Waals surface area contributed by atoms with Crippen LogP contribution < -0.4 is 4.90 Å². The molecule has 6 heteroatoms. The van der Waals surface area contributed by atoms with Gasteiger partial charge in [0.2, 0.25) is 0 Å². The van der Waals surface area contributed by atoms with Crippen LogP contribution in [0.4, 0.5) is 0 Å². The molecule has 3 nitrogen and oxygen atoms in total. The van der Waals surface area contributed by atoms with Crippen molar-refractivity contribution in [3.05, 3.63) is 19.9 Å². The van der Waals surface area contributed by atoms with Crippen molar-refractivity contribution in [1.82, 2.24) is 9.97 Å². The van der Waals surface area contributed by atoms with Gasteiger partial charge in [0, 0.05) is 11.8 Å². The summed E-state index contributed by atoms with van der Waals surface area (Å²) in [5.74, 6) is 0. The normalized spacial score (nSPS) is 19.5. The van der Waals surface area contributed by atoms with E-state index in [0.29, 0.717) is 4.77 Å². The van der Waals surface area contributed by atoms with E-state index in [2.05, 4.69) is 16.9 Å². The molecule has 0 bridgehead atoms. The zero-order valence-corrected chi connectivity index (χ0v) is 12.0. The van der Waals surface area contributed by atoms with Gasteiger partial charge in [-0.25, -0.2) is 0 Å². The van der Waals surface area contributed by atoms with Gasteiger partial charge in [-0.2, -0.15) is 0 Å². The summed E-state index contributed by atoms with van der Waals surface area (Å²) in [7, 11) is 0. The highest BCUT2D eigenvalue weighted by atomic mass is 32.1. The Balaban J connectivity index is 2.26. The fourth-order valence-electron chi connectivity index (χ4n) is 2.47. The number of aromatic amines is 2. The van der Waals surface area contributed by atoms with E-state index in [1.165, 1.54) is 28.9 Å². The van der Waals surface area contributed by atoms with Crippen LogP contribution in [0.15, 0.2) is 0 Å². The van der Waals surface area contributed by atoms with Crippen LogP contribution in [0.3, 0.4) is 0 Å². The van der Waals surface area contributed by atoms with Crippen molar-refractivity contribution in [1.29, 1.82) is 0 Å². The Hall–Kier alpha value is -0.560. The van der Waals surface area contributed by atoms with Crippen LogP contribution in [0, 0.1) is 9.41 Å². The molecule has 0 fully saturated rings. The van der Waals surface area contributed by atoms with E-state index in [9.17, 15) is 0 Å². The average molecular weight is 284 g/mol. The van der Waals surface area contributed by atoms with Crippen molar-refractivity contribution in [3.8, 4) is 0 Å². The minimum atomic E-state index is 0.626. The molecule has 1 unspecified atom stereocenters. The van der Waals surface area contributed by atoms with E-state index in [0.717, 1.165) is 22.4 Å². The topological polar surface area (TPSA) is 36.0 Å². The molecule has 17 heavy (non-hydrogen) atoms. The maximum Gasteiger partial charge on any atom is 0.176 e. The Morgan fingerprint density at radius 1 is 1.35 bits per heavy atom. The van der Waals surface area contributed by atoms with Gasteiger partial charge >= 0.3 is 0 Å². The summed E-state index contributed by atoms with van der Waals surface area (Å²) < 4.78 is 1.42. The average Bonchev–Trinajstić information content (AvgIpc) is 2.65. The second-order valence-corrected chi connectivity index (χ2v) is 6.32. The van der Waals surface area contributed by atoms with Gasteiger partial charge in [0.25, 0.3) is 0 Å². The van der Waals surface area contributed by atoms with Crippen molar-refractivity contribution < 1.29 is 4.90 Å². The van der Waals surface area contributed by atoms with E-state index >= 15 is 0 Å². The van der Waals surface area contributed by atoms with Gasteiger partial charge in [-0.3, -0.25) is 0 Å². The molecule has 0 saturated carbocycles. The van der Waals surface area contributed by atoms with Gasteiger partial charge in [0.15, 0.2) is 4.77 Å². The molecule has 0 aliphatic carbocycles. The molecule has 2 aromatic rings. The van der Waals surface area contributed by atoms with Gasteiger partial charge in [-0.15, -0.1) is 11.3 Å². The third-order valence-corrected chi connectivity index (χ3v) is 5.07. The zero-order chi connectivity index (χ0) is 12.0. The van der Waals surface area contributed by atoms with Crippen molar-refractivity contribution in [3.63, 3.8) is 0 Å². The summed E-state index contributed by atoms with van der Waals surface area (Å²) in [6, 6.07) is 0. The largest absolute Gasteiger partial charge is 0.330 e. The van der Waals surface area contributed by atoms with E-state index in [1.54, 1.807) is 4.90 Å². The molecule has 0 saturated heterocycles. The Kier molecular flexibility index (Phi) is 2.90. The molecule has 0 aromatic carbocycles.